The van der Waals surface area contributed by atoms with Crippen molar-refractivity contribution in [1.82, 2.24) is 19.3 Å². The summed E-state index contributed by atoms with van der Waals surface area (Å²) in [5, 5.41) is 7.51. The fourth-order valence-electron chi connectivity index (χ4n) is 7.24. The maximum atomic E-state index is 6.56. The quantitative estimate of drug-likeness (QED) is 0.184. The second-order valence-electron chi connectivity index (χ2n) is 12.8. The average Bonchev–Trinajstić information content (AvgIpc) is 3.52. The molecule has 5 nitrogen and oxygen atoms in total. The lowest BCUT2D eigenvalue weighted by Crippen LogP contribution is -2.18. The van der Waals surface area contributed by atoms with Crippen molar-refractivity contribution < 1.29 is 4.74 Å². The van der Waals surface area contributed by atoms with Crippen LogP contribution in [0.3, 0.4) is 0 Å². The van der Waals surface area contributed by atoms with Crippen LogP contribution in [0.4, 0.5) is 0 Å². The smallest absolute Gasteiger partial charge is 0.137 e. The number of nitrogens with zero attached hydrogens (tertiary/aromatic N) is 4. The summed E-state index contributed by atoms with van der Waals surface area (Å²) in [6.07, 6.45) is 6.68. The number of aromatic nitrogens is 4. The summed E-state index contributed by atoms with van der Waals surface area (Å²) < 4.78 is 10.9. The molecule has 3 aromatic carbocycles. The van der Waals surface area contributed by atoms with Crippen molar-refractivity contribution in [3.8, 4) is 23.0 Å². The summed E-state index contributed by atoms with van der Waals surface area (Å²) in [5.41, 5.74) is 9.67. The van der Waals surface area contributed by atoms with Gasteiger partial charge in [0.1, 0.15) is 17.3 Å². The molecule has 0 bridgehead atoms. The molecule has 0 unspecified atom stereocenters. The summed E-state index contributed by atoms with van der Waals surface area (Å²) in [5.74, 6) is 3.81. The molecule has 0 spiro atoms. The molecule has 0 saturated heterocycles. The maximum absolute atomic E-state index is 6.56. The highest BCUT2D eigenvalue weighted by molar-refractivity contribution is 6.09. The minimum atomic E-state index is 0.331. The molecule has 0 fully saturated rings. The highest BCUT2D eigenvalue weighted by Crippen LogP contribution is 2.43. The van der Waals surface area contributed by atoms with Crippen LogP contribution < -0.4 is 4.74 Å². The number of ether oxygens (including phenoxy) is 1. The molecular weight excluding hydrogens is 540 g/mol. The van der Waals surface area contributed by atoms with Crippen molar-refractivity contribution in [2.45, 2.75) is 66.2 Å². The van der Waals surface area contributed by atoms with E-state index in [2.05, 4.69) is 124 Å². The van der Waals surface area contributed by atoms with Gasteiger partial charge in [0.2, 0.25) is 0 Å². The molecule has 0 radical (unpaired) electrons. The zero-order chi connectivity index (χ0) is 30.5. The number of rotatable bonds is 6. The van der Waals surface area contributed by atoms with Gasteiger partial charge in [0.05, 0.1) is 28.1 Å². The topological polar surface area (TPSA) is 44.9 Å². The summed E-state index contributed by atoms with van der Waals surface area (Å²) in [6, 6.07) is 27.3. The van der Waals surface area contributed by atoms with Crippen LogP contribution in [-0.2, 0) is 0 Å². The Labute approximate surface area is 259 Å². The van der Waals surface area contributed by atoms with Crippen molar-refractivity contribution in [2.24, 2.45) is 5.92 Å². The van der Waals surface area contributed by atoms with E-state index in [0.29, 0.717) is 17.8 Å². The zero-order valence-electron chi connectivity index (χ0n) is 26.5. The highest BCUT2D eigenvalue weighted by atomic mass is 16.5. The van der Waals surface area contributed by atoms with Crippen LogP contribution in [0, 0.1) is 19.8 Å². The first-order chi connectivity index (χ1) is 21.3. The Morgan fingerprint density at radius 3 is 2.43 bits per heavy atom. The van der Waals surface area contributed by atoms with Crippen LogP contribution >= 0.6 is 0 Å². The molecule has 0 amide bonds. The predicted octanol–water partition coefficient (Wildman–Crippen LogP) is 10.4. The lowest BCUT2D eigenvalue weighted by molar-refractivity contribution is 0.445. The van der Waals surface area contributed by atoms with Crippen molar-refractivity contribution >= 4 is 21.8 Å². The number of benzene rings is 3. The molecule has 3 aromatic heterocycles. The molecule has 222 valence electrons. The van der Waals surface area contributed by atoms with Gasteiger partial charge in [-0.15, -0.1) is 0 Å². The normalized spacial score (nSPS) is 17.0. The SMILES string of the molecule is CC1=CCC[C@H](C)[C@@H]1c1c(C)nn(-c2cccc(Oc3ccc4c5ccccc5n(-c5cc(C)ccn5)c4c3)c2)c1C(C)C. The van der Waals surface area contributed by atoms with Gasteiger partial charge in [-0.25, -0.2) is 9.67 Å². The lowest BCUT2D eigenvalue weighted by atomic mass is 9.74. The molecule has 1 aliphatic carbocycles. The fourth-order valence-corrected chi connectivity index (χ4v) is 7.24. The Morgan fingerprint density at radius 2 is 1.64 bits per heavy atom. The van der Waals surface area contributed by atoms with E-state index in [0.717, 1.165) is 39.7 Å². The number of hydrogen-bond donors (Lipinski definition) is 0. The lowest BCUT2D eigenvalue weighted by Gasteiger charge is -2.30. The summed E-state index contributed by atoms with van der Waals surface area (Å²) in [4.78, 5) is 4.72. The third-order valence-electron chi connectivity index (χ3n) is 9.22. The third-order valence-corrected chi connectivity index (χ3v) is 9.22. The molecule has 0 aliphatic heterocycles. The van der Waals surface area contributed by atoms with Gasteiger partial charge >= 0.3 is 0 Å². The Kier molecular flexibility index (Phi) is 7.12. The molecule has 1 aliphatic rings. The van der Waals surface area contributed by atoms with Gasteiger partial charge in [-0.2, -0.15) is 5.10 Å². The van der Waals surface area contributed by atoms with E-state index >= 15 is 0 Å². The number of para-hydroxylation sites is 1. The maximum Gasteiger partial charge on any atom is 0.137 e. The van der Waals surface area contributed by atoms with Gasteiger partial charge in [0, 0.05) is 40.6 Å². The van der Waals surface area contributed by atoms with Crippen LogP contribution in [-0.4, -0.2) is 19.3 Å². The second-order valence-corrected chi connectivity index (χ2v) is 12.8. The molecule has 3 heterocycles. The molecule has 6 aromatic rings. The van der Waals surface area contributed by atoms with Gasteiger partial charge in [0.15, 0.2) is 0 Å². The molecule has 0 N–H and O–H groups in total. The predicted molar refractivity (Wildman–Crippen MR) is 181 cm³/mol. The number of aryl methyl sites for hydroxylation is 2. The van der Waals surface area contributed by atoms with Gasteiger partial charge < -0.3 is 4.74 Å². The first kappa shape index (κ1) is 28.1. The minimum Gasteiger partial charge on any atom is -0.457 e. The standard InChI is InChI=1S/C39H40N4O/c1-24(2)39-38(37-26(4)11-9-12-27(37)5)28(6)41-43(39)29-13-10-14-30(22-29)44-31-17-18-33-32-15-7-8-16-34(32)42(35(33)23-31)36-21-25(3)19-20-40-36/h7-8,10-11,13-24,27,37H,9,12H2,1-6H3/t27-,37+/m0/s1. The van der Waals surface area contributed by atoms with Crippen molar-refractivity contribution in [3.63, 3.8) is 0 Å². The highest BCUT2D eigenvalue weighted by Gasteiger charge is 2.31. The largest absolute Gasteiger partial charge is 0.457 e. The molecule has 5 heteroatoms. The van der Waals surface area contributed by atoms with Crippen molar-refractivity contribution in [2.75, 3.05) is 0 Å². The first-order valence-corrected chi connectivity index (χ1v) is 15.8. The average molecular weight is 581 g/mol. The summed E-state index contributed by atoms with van der Waals surface area (Å²) in [6.45, 7) is 13.5. The van der Waals surface area contributed by atoms with Crippen LogP contribution in [0.1, 0.15) is 74.9 Å². The second kappa shape index (κ2) is 11.1. The van der Waals surface area contributed by atoms with Gasteiger partial charge in [-0.05, 0) is 93.5 Å². The van der Waals surface area contributed by atoms with Crippen LogP contribution in [0.25, 0.3) is 33.3 Å². The number of fused-ring (bicyclic) bond motifs is 3. The molecule has 44 heavy (non-hydrogen) atoms. The fraction of sp³-hybridized carbons (Fsp3) is 0.282. The summed E-state index contributed by atoms with van der Waals surface area (Å²) in [7, 11) is 0. The van der Waals surface area contributed by atoms with E-state index in [1.807, 2.05) is 18.3 Å². The van der Waals surface area contributed by atoms with Crippen molar-refractivity contribution in [1.29, 1.82) is 0 Å². The molecule has 0 saturated carbocycles. The van der Waals surface area contributed by atoms with E-state index < -0.39 is 0 Å². The number of hydrogen-bond acceptors (Lipinski definition) is 3. The third kappa shape index (κ3) is 4.81. The van der Waals surface area contributed by atoms with Gasteiger partial charge in [-0.1, -0.05) is 56.7 Å². The van der Waals surface area contributed by atoms with Crippen molar-refractivity contribution in [3.05, 3.63) is 119 Å². The first-order valence-electron chi connectivity index (χ1n) is 15.8. The Hall–Kier alpha value is -4.64. The Balaban J connectivity index is 1.29. The molecular formula is C39H40N4O. The van der Waals surface area contributed by atoms with E-state index in [-0.39, 0.29) is 0 Å². The zero-order valence-corrected chi connectivity index (χ0v) is 26.5. The van der Waals surface area contributed by atoms with Gasteiger partial charge in [-0.3, -0.25) is 4.57 Å². The van der Waals surface area contributed by atoms with Gasteiger partial charge in [0.25, 0.3) is 0 Å². The van der Waals surface area contributed by atoms with E-state index in [1.165, 1.54) is 46.0 Å². The van der Waals surface area contributed by atoms with E-state index in [9.17, 15) is 0 Å². The van der Waals surface area contributed by atoms with Crippen LogP contribution in [0.15, 0.2) is 96.7 Å². The minimum absolute atomic E-state index is 0.331. The monoisotopic (exact) mass is 580 g/mol. The number of allylic oxidation sites excluding steroid dienone is 2. The van der Waals surface area contributed by atoms with E-state index in [1.54, 1.807) is 0 Å². The van der Waals surface area contributed by atoms with Crippen LogP contribution in [0.2, 0.25) is 0 Å². The molecule has 2 atom stereocenters. The van der Waals surface area contributed by atoms with Crippen LogP contribution in [0.5, 0.6) is 11.5 Å². The van der Waals surface area contributed by atoms with E-state index in [4.69, 9.17) is 14.8 Å². The Morgan fingerprint density at radius 1 is 0.841 bits per heavy atom. The molecule has 7 rings (SSSR count). The number of pyridine rings is 1. The Bertz CT molecular complexity index is 2040. The summed E-state index contributed by atoms with van der Waals surface area (Å²) >= 11 is 0.